The van der Waals surface area contributed by atoms with Crippen molar-refractivity contribution in [2.45, 2.75) is 19.9 Å². The van der Waals surface area contributed by atoms with Gasteiger partial charge in [-0.2, -0.15) is 0 Å². The van der Waals surface area contributed by atoms with Crippen molar-refractivity contribution in [2.75, 3.05) is 12.4 Å². The minimum Gasteiger partial charge on any atom is -0.496 e. The Labute approximate surface area is 158 Å². The molecule has 0 fully saturated rings. The number of hydrogen-bond donors (Lipinski definition) is 3. The fourth-order valence-corrected chi connectivity index (χ4v) is 3.25. The quantitative estimate of drug-likeness (QED) is 0.723. The number of ether oxygens (including phenoxy) is 1. The number of carbonyl (C=O) groups excluding carboxylic acids is 1. The summed E-state index contributed by atoms with van der Waals surface area (Å²) in [5.41, 5.74) is 4.00. The van der Waals surface area contributed by atoms with E-state index in [2.05, 4.69) is 16.0 Å². The molecule has 6 heteroatoms. The number of benzene rings is 2. The number of aryl methyl sites for hydroxylation is 1. The molecule has 26 heavy (non-hydrogen) atoms. The molecule has 1 aliphatic heterocycles. The van der Waals surface area contributed by atoms with E-state index < -0.39 is 0 Å². The van der Waals surface area contributed by atoms with Gasteiger partial charge in [-0.1, -0.05) is 30.3 Å². The summed E-state index contributed by atoms with van der Waals surface area (Å²) in [6.07, 6.45) is 0. The molecule has 2 aromatic rings. The van der Waals surface area contributed by atoms with Crippen LogP contribution in [0.3, 0.4) is 0 Å². The molecule has 134 valence electrons. The Hall–Kier alpha value is -2.86. The summed E-state index contributed by atoms with van der Waals surface area (Å²) in [5.74, 6) is 0.593. The monoisotopic (exact) mass is 367 g/mol. The lowest BCUT2D eigenvalue weighted by Crippen LogP contribution is -2.45. The minimum atomic E-state index is -0.359. The van der Waals surface area contributed by atoms with Gasteiger partial charge in [0.25, 0.3) is 5.91 Å². The molecular weight excluding hydrogens is 346 g/mol. The zero-order valence-corrected chi connectivity index (χ0v) is 15.7. The van der Waals surface area contributed by atoms with Crippen LogP contribution in [0.4, 0.5) is 5.69 Å². The van der Waals surface area contributed by atoms with Gasteiger partial charge in [-0.05, 0) is 55.4 Å². The third-order valence-electron chi connectivity index (χ3n) is 4.31. The molecule has 1 aliphatic rings. The van der Waals surface area contributed by atoms with Crippen LogP contribution in [0.5, 0.6) is 5.75 Å². The average Bonchev–Trinajstić information content (AvgIpc) is 2.62. The molecule has 2 aromatic carbocycles. The first-order valence-corrected chi connectivity index (χ1v) is 8.69. The highest BCUT2D eigenvalue weighted by Gasteiger charge is 2.30. The van der Waals surface area contributed by atoms with Gasteiger partial charge < -0.3 is 20.7 Å². The van der Waals surface area contributed by atoms with Gasteiger partial charge in [-0.3, -0.25) is 4.79 Å². The maximum absolute atomic E-state index is 13.0. The summed E-state index contributed by atoms with van der Waals surface area (Å²) >= 11 is 5.30. The van der Waals surface area contributed by atoms with Crippen molar-refractivity contribution in [3.05, 3.63) is 70.9 Å². The van der Waals surface area contributed by atoms with Gasteiger partial charge in [0, 0.05) is 11.4 Å². The molecule has 0 unspecified atom stereocenters. The average molecular weight is 367 g/mol. The van der Waals surface area contributed by atoms with Crippen molar-refractivity contribution in [2.24, 2.45) is 0 Å². The lowest BCUT2D eigenvalue weighted by atomic mass is 9.94. The van der Waals surface area contributed by atoms with Gasteiger partial charge in [0.15, 0.2) is 5.11 Å². The van der Waals surface area contributed by atoms with E-state index in [-0.39, 0.29) is 11.9 Å². The van der Waals surface area contributed by atoms with Gasteiger partial charge in [0.2, 0.25) is 0 Å². The Balaban J connectivity index is 1.98. The van der Waals surface area contributed by atoms with E-state index in [1.807, 2.05) is 62.4 Å². The van der Waals surface area contributed by atoms with E-state index in [1.165, 1.54) is 0 Å². The normalized spacial score (nSPS) is 16.6. The summed E-state index contributed by atoms with van der Waals surface area (Å²) in [4.78, 5) is 13.0. The number of carbonyl (C=O) groups is 1. The number of anilines is 1. The van der Waals surface area contributed by atoms with Crippen LogP contribution in [0.1, 0.15) is 24.1 Å². The zero-order chi connectivity index (χ0) is 18.7. The van der Waals surface area contributed by atoms with Crippen LogP contribution in [0, 0.1) is 6.92 Å². The minimum absolute atomic E-state index is 0.180. The third-order valence-corrected chi connectivity index (χ3v) is 4.53. The highest BCUT2D eigenvalue weighted by Crippen LogP contribution is 2.31. The number of nitrogens with one attached hydrogen (secondary N) is 3. The van der Waals surface area contributed by atoms with E-state index in [0.29, 0.717) is 10.7 Å². The smallest absolute Gasteiger partial charge is 0.255 e. The summed E-state index contributed by atoms with van der Waals surface area (Å²) in [6.45, 7) is 3.83. The molecule has 5 nitrogen and oxygen atoms in total. The first-order valence-electron chi connectivity index (χ1n) is 8.29. The number of thiocarbonyl (C=S) groups is 1. The Bertz CT molecular complexity index is 878. The second kappa shape index (κ2) is 7.58. The zero-order valence-electron chi connectivity index (χ0n) is 14.9. The van der Waals surface area contributed by atoms with E-state index in [9.17, 15) is 4.79 Å². The molecule has 1 atom stereocenters. The maximum Gasteiger partial charge on any atom is 0.255 e. The number of allylic oxidation sites excluding steroid dienone is 1. The summed E-state index contributed by atoms with van der Waals surface area (Å²) in [5, 5.41) is 9.67. The molecule has 0 saturated heterocycles. The Morgan fingerprint density at radius 3 is 2.58 bits per heavy atom. The van der Waals surface area contributed by atoms with Gasteiger partial charge in [-0.15, -0.1) is 0 Å². The fraction of sp³-hybridized carbons (Fsp3) is 0.200. The molecule has 3 N–H and O–H groups in total. The van der Waals surface area contributed by atoms with Gasteiger partial charge in [0.1, 0.15) is 5.75 Å². The highest BCUT2D eigenvalue weighted by molar-refractivity contribution is 7.80. The van der Waals surface area contributed by atoms with Crippen LogP contribution in [-0.4, -0.2) is 18.1 Å². The molecule has 0 radical (unpaired) electrons. The summed E-state index contributed by atoms with van der Waals surface area (Å²) in [6, 6.07) is 14.9. The van der Waals surface area contributed by atoms with Crippen molar-refractivity contribution < 1.29 is 9.53 Å². The third kappa shape index (κ3) is 3.70. The molecule has 0 bridgehead atoms. The first kappa shape index (κ1) is 17.9. The summed E-state index contributed by atoms with van der Waals surface area (Å²) < 4.78 is 5.43. The lowest BCUT2D eigenvalue weighted by molar-refractivity contribution is -0.113. The van der Waals surface area contributed by atoms with Crippen LogP contribution in [-0.2, 0) is 4.79 Å². The Morgan fingerprint density at radius 1 is 1.15 bits per heavy atom. The largest absolute Gasteiger partial charge is 0.496 e. The first-order chi connectivity index (χ1) is 12.5. The van der Waals surface area contributed by atoms with Crippen LogP contribution in [0.15, 0.2) is 59.8 Å². The highest BCUT2D eigenvalue weighted by atomic mass is 32.1. The Kier molecular flexibility index (Phi) is 5.23. The van der Waals surface area contributed by atoms with Gasteiger partial charge in [0.05, 0.1) is 18.7 Å². The molecule has 1 amide bonds. The number of amides is 1. The van der Waals surface area contributed by atoms with E-state index >= 15 is 0 Å². The van der Waals surface area contributed by atoms with E-state index in [4.69, 9.17) is 17.0 Å². The van der Waals surface area contributed by atoms with Crippen LogP contribution >= 0.6 is 12.2 Å². The van der Waals surface area contributed by atoms with Crippen molar-refractivity contribution >= 4 is 28.9 Å². The fourth-order valence-electron chi connectivity index (χ4n) is 2.98. The molecule has 3 rings (SSSR count). The van der Waals surface area contributed by atoms with E-state index in [0.717, 1.165) is 28.3 Å². The van der Waals surface area contributed by atoms with Crippen molar-refractivity contribution in [3.8, 4) is 5.75 Å². The van der Waals surface area contributed by atoms with Crippen LogP contribution < -0.4 is 20.7 Å². The molecule has 1 heterocycles. The standard InChI is InChI=1S/C20H21N3O2S/c1-12-9-10-14(11-16(12)25-3)18-17(13(2)21-20(26)23-18)19(24)22-15-7-5-4-6-8-15/h4-11,18H,1-3H3,(H,22,24)(H2,21,23,26)/t18-/m0/s1. The van der Waals surface area contributed by atoms with Crippen molar-refractivity contribution in [3.63, 3.8) is 0 Å². The molecule has 0 saturated carbocycles. The topological polar surface area (TPSA) is 62.4 Å². The summed E-state index contributed by atoms with van der Waals surface area (Å²) in [7, 11) is 1.64. The van der Waals surface area contributed by atoms with E-state index in [1.54, 1.807) is 7.11 Å². The SMILES string of the molecule is COc1cc([C@@H]2NC(=S)NC(C)=C2C(=O)Nc2ccccc2)ccc1C. The molecular formula is C20H21N3O2S. The van der Waals surface area contributed by atoms with Crippen LogP contribution in [0.2, 0.25) is 0 Å². The second-order valence-electron chi connectivity index (χ2n) is 6.12. The Morgan fingerprint density at radius 2 is 1.88 bits per heavy atom. The van der Waals surface area contributed by atoms with Crippen molar-refractivity contribution in [1.29, 1.82) is 0 Å². The van der Waals surface area contributed by atoms with Gasteiger partial charge >= 0.3 is 0 Å². The lowest BCUT2D eigenvalue weighted by Gasteiger charge is -2.30. The molecule has 0 spiro atoms. The number of para-hydroxylation sites is 1. The van der Waals surface area contributed by atoms with Crippen molar-refractivity contribution in [1.82, 2.24) is 10.6 Å². The number of rotatable bonds is 4. The second-order valence-corrected chi connectivity index (χ2v) is 6.53. The molecule has 0 aromatic heterocycles. The van der Waals surface area contributed by atoms with Gasteiger partial charge in [-0.25, -0.2) is 0 Å². The predicted octanol–water partition coefficient (Wildman–Crippen LogP) is 3.44. The van der Waals surface area contributed by atoms with Crippen LogP contribution in [0.25, 0.3) is 0 Å². The number of methoxy groups -OCH3 is 1. The molecule has 0 aliphatic carbocycles. The predicted molar refractivity (Wildman–Crippen MR) is 107 cm³/mol. The maximum atomic E-state index is 13.0. The number of hydrogen-bond acceptors (Lipinski definition) is 3.